The number of rotatable bonds is 12. The van der Waals surface area contributed by atoms with Crippen molar-refractivity contribution in [3.8, 4) is 17.3 Å². The van der Waals surface area contributed by atoms with Crippen LogP contribution in [0.5, 0.6) is 0 Å². The number of nitrogens with zero attached hydrogens (tertiary/aromatic N) is 7. The lowest BCUT2D eigenvalue weighted by molar-refractivity contribution is -0.138. The zero-order chi connectivity index (χ0) is 29.4. The minimum atomic E-state index is -0.809. The fourth-order valence-corrected chi connectivity index (χ4v) is 4.58. The fraction of sp³-hybridized carbons (Fsp3) is 0.407. The number of aromatic amines is 1. The molecule has 14 heteroatoms. The molecule has 2 aromatic heterocycles. The van der Waals surface area contributed by atoms with Crippen LogP contribution in [0.25, 0.3) is 11.3 Å². The Kier molecular flexibility index (Phi) is 10.1. The second kappa shape index (κ2) is 13.9. The van der Waals surface area contributed by atoms with E-state index in [1.54, 1.807) is 35.9 Å². The molecule has 1 aliphatic heterocycles. The zero-order valence-corrected chi connectivity index (χ0v) is 23.6. The molecular formula is C27H32ClN9O4. The number of H-pyrrole nitrogens is 1. The van der Waals surface area contributed by atoms with Gasteiger partial charge in [0.25, 0.3) is 5.91 Å². The van der Waals surface area contributed by atoms with Gasteiger partial charge in [-0.1, -0.05) is 22.8 Å². The number of nitriles is 1. The van der Waals surface area contributed by atoms with Crippen molar-refractivity contribution in [2.75, 3.05) is 45.9 Å². The molecule has 0 spiro atoms. The molecule has 1 saturated heterocycles. The van der Waals surface area contributed by atoms with Gasteiger partial charge in [-0.25, -0.2) is 0 Å². The van der Waals surface area contributed by atoms with Crippen LogP contribution in [0.4, 0.5) is 0 Å². The summed E-state index contributed by atoms with van der Waals surface area (Å²) in [5.74, 6) is -1.12. The van der Waals surface area contributed by atoms with E-state index in [9.17, 15) is 9.59 Å². The predicted molar refractivity (Wildman–Crippen MR) is 152 cm³/mol. The zero-order valence-electron chi connectivity index (χ0n) is 22.9. The number of aliphatic carboxylic acids is 1. The van der Waals surface area contributed by atoms with Crippen LogP contribution in [0, 0.1) is 11.3 Å². The van der Waals surface area contributed by atoms with E-state index in [2.05, 4.69) is 30.7 Å². The average Bonchev–Trinajstić information content (AvgIpc) is 3.62. The van der Waals surface area contributed by atoms with Crippen LogP contribution in [0.3, 0.4) is 0 Å². The lowest BCUT2D eigenvalue weighted by Crippen LogP contribution is -2.48. The smallest absolute Gasteiger partial charge is 0.317 e. The lowest BCUT2D eigenvalue weighted by Gasteiger charge is -2.33. The number of amides is 1. The van der Waals surface area contributed by atoms with Crippen LogP contribution in [0.1, 0.15) is 35.6 Å². The molecule has 0 aliphatic carbocycles. The largest absolute Gasteiger partial charge is 0.480 e. The van der Waals surface area contributed by atoms with E-state index in [0.717, 1.165) is 18.7 Å². The molecule has 1 aliphatic rings. The van der Waals surface area contributed by atoms with Crippen LogP contribution in [0.2, 0.25) is 5.02 Å². The average molecular weight is 582 g/mol. The topological polar surface area (TPSA) is 165 Å². The van der Waals surface area contributed by atoms with E-state index in [1.807, 2.05) is 30.2 Å². The Labute approximate surface area is 242 Å². The molecule has 216 valence electrons. The Morgan fingerprint density at radius 3 is 2.71 bits per heavy atom. The van der Waals surface area contributed by atoms with Gasteiger partial charge in [0.05, 0.1) is 29.4 Å². The Morgan fingerprint density at radius 1 is 1.24 bits per heavy atom. The number of aromatic nitrogens is 4. The van der Waals surface area contributed by atoms with Gasteiger partial charge in [0.1, 0.15) is 29.8 Å². The van der Waals surface area contributed by atoms with Crippen LogP contribution < -0.4 is 5.32 Å². The molecule has 3 heterocycles. The van der Waals surface area contributed by atoms with Gasteiger partial charge in [-0.3, -0.25) is 29.2 Å². The highest BCUT2D eigenvalue weighted by Gasteiger charge is 2.19. The molecule has 1 unspecified atom stereocenters. The molecule has 1 amide bonds. The van der Waals surface area contributed by atoms with Gasteiger partial charge in [-0.05, 0) is 38.1 Å². The number of oxime groups is 1. The first-order valence-electron chi connectivity index (χ1n) is 13.1. The summed E-state index contributed by atoms with van der Waals surface area (Å²) in [5, 5.41) is 36.8. The quantitative estimate of drug-likeness (QED) is 0.165. The van der Waals surface area contributed by atoms with Crippen LogP contribution >= 0.6 is 11.6 Å². The summed E-state index contributed by atoms with van der Waals surface area (Å²) in [4.78, 5) is 33.1. The molecule has 1 fully saturated rings. The highest BCUT2D eigenvalue weighted by molar-refractivity contribution is 6.32. The van der Waals surface area contributed by atoms with Gasteiger partial charge in [0.15, 0.2) is 0 Å². The predicted octanol–water partition coefficient (Wildman–Crippen LogP) is 2.06. The van der Waals surface area contributed by atoms with Crippen molar-refractivity contribution in [1.82, 2.24) is 35.1 Å². The SMILES string of the molecule is CC(=NOCCN1CCN(CC(=O)O)CC1)c1cc(C(=O)NC(C)Cn2ccc(-c3ccc(C#N)c(Cl)c3)n2)[nH]n1. The van der Waals surface area contributed by atoms with Crippen molar-refractivity contribution in [3.05, 3.63) is 58.5 Å². The van der Waals surface area contributed by atoms with Gasteiger partial charge in [-0.15, -0.1) is 0 Å². The minimum Gasteiger partial charge on any atom is -0.480 e. The maximum absolute atomic E-state index is 12.8. The third kappa shape index (κ3) is 8.37. The Hall–Kier alpha value is -4.25. The third-order valence-corrected chi connectivity index (χ3v) is 6.89. The summed E-state index contributed by atoms with van der Waals surface area (Å²) in [7, 11) is 0. The molecule has 0 radical (unpaired) electrons. The van der Waals surface area contributed by atoms with Crippen molar-refractivity contribution in [2.24, 2.45) is 5.16 Å². The molecule has 4 rings (SSSR count). The number of carboxylic acids is 1. The van der Waals surface area contributed by atoms with Crippen LogP contribution in [-0.4, -0.2) is 104 Å². The van der Waals surface area contributed by atoms with Crippen molar-refractivity contribution < 1.29 is 19.5 Å². The first kappa shape index (κ1) is 29.7. The number of hydrogen-bond donors (Lipinski definition) is 3. The second-order valence-corrected chi connectivity index (χ2v) is 10.2. The summed E-state index contributed by atoms with van der Waals surface area (Å²) >= 11 is 6.14. The Bertz CT molecular complexity index is 1440. The number of piperazine rings is 1. The number of benzene rings is 1. The molecule has 1 atom stereocenters. The number of halogens is 1. The van der Waals surface area contributed by atoms with E-state index in [-0.39, 0.29) is 18.5 Å². The first-order chi connectivity index (χ1) is 19.7. The Morgan fingerprint density at radius 2 is 2.00 bits per heavy atom. The van der Waals surface area contributed by atoms with Crippen molar-refractivity contribution >= 4 is 29.2 Å². The first-order valence-corrected chi connectivity index (χ1v) is 13.5. The van der Waals surface area contributed by atoms with E-state index >= 15 is 0 Å². The normalized spacial score (nSPS) is 15.3. The molecule has 41 heavy (non-hydrogen) atoms. The summed E-state index contributed by atoms with van der Waals surface area (Å²) in [6.45, 7) is 8.19. The van der Waals surface area contributed by atoms with Crippen LogP contribution in [0.15, 0.2) is 41.7 Å². The number of hydrogen-bond acceptors (Lipinski definition) is 9. The lowest BCUT2D eigenvalue weighted by atomic mass is 10.1. The molecule has 3 aromatic rings. The van der Waals surface area contributed by atoms with Crippen LogP contribution in [-0.2, 0) is 16.2 Å². The minimum absolute atomic E-state index is 0.0681. The van der Waals surface area contributed by atoms with Gasteiger partial charge in [0.2, 0.25) is 0 Å². The number of carboxylic acid groups (broad SMARTS) is 1. The maximum atomic E-state index is 12.8. The van der Waals surface area contributed by atoms with E-state index < -0.39 is 5.97 Å². The van der Waals surface area contributed by atoms with E-state index in [0.29, 0.717) is 66.2 Å². The molecule has 0 bridgehead atoms. The van der Waals surface area contributed by atoms with Crippen molar-refractivity contribution in [1.29, 1.82) is 5.26 Å². The monoisotopic (exact) mass is 581 g/mol. The van der Waals surface area contributed by atoms with E-state index in [4.69, 9.17) is 26.8 Å². The van der Waals surface area contributed by atoms with Gasteiger partial charge in [-0.2, -0.15) is 15.5 Å². The second-order valence-electron chi connectivity index (χ2n) is 9.79. The van der Waals surface area contributed by atoms with Crippen molar-refractivity contribution in [2.45, 2.75) is 26.4 Å². The summed E-state index contributed by atoms with van der Waals surface area (Å²) in [6, 6.07) is 10.4. The fourth-order valence-electron chi connectivity index (χ4n) is 4.36. The number of carbonyl (C=O) groups is 2. The van der Waals surface area contributed by atoms with E-state index in [1.165, 1.54) is 0 Å². The molecule has 13 nitrogen and oxygen atoms in total. The number of carbonyl (C=O) groups excluding carboxylic acids is 1. The van der Waals surface area contributed by atoms with Gasteiger partial charge >= 0.3 is 5.97 Å². The number of nitrogens with one attached hydrogen (secondary N) is 2. The van der Waals surface area contributed by atoms with Gasteiger partial charge in [0, 0.05) is 50.5 Å². The molecule has 1 aromatic carbocycles. The van der Waals surface area contributed by atoms with Gasteiger partial charge < -0.3 is 15.3 Å². The highest BCUT2D eigenvalue weighted by atomic mass is 35.5. The summed E-state index contributed by atoms with van der Waals surface area (Å²) < 4.78 is 1.73. The maximum Gasteiger partial charge on any atom is 0.317 e. The Balaban J connectivity index is 1.21. The molecular weight excluding hydrogens is 550 g/mol. The summed E-state index contributed by atoms with van der Waals surface area (Å²) in [5.41, 5.74) is 3.25. The third-order valence-electron chi connectivity index (χ3n) is 6.58. The molecule has 3 N–H and O–H groups in total. The highest BCUT2D eigenvalue weighted by Crippen LogP contribution is 2.24. The summed E-state index contributed by atoms with van der Waals surface area (Å²) in [6.07, 6.45) is 1.82. The standard InChI is InChI=1S/C27H32ClN9O4/c1-18(16-37-6-5-23(33-37)20-3-4-21(15-29)22(28)13-20)30-27(40)25-14-24(31-32-25)19(2)34-41-12-11-35-7-9-36(10-8-35)17-26(38)39/h3-6,13-14,18H,7-12,16-17H2,1-2H3,(H,30,40)(H,31,32)(H,38,39). The van der Waals surface area contributed by atoms with Crippen molar-refractivity contribution in [3.63, 3.8) is 0 Å². The molecule has 0 saturated carbocycles.